The topological polar surface area (TPSA) is 64.3 Å². The monoisotopic (exact) mass is 308 g/mol. The fraction of sp³-hybridized carbons (Fsp3) is 0.267. The van der Waals surface area contributed by atoms with Crippen LogP contribution in [0.2, 0.25) is 0 Å². The zero-order valence-electron chi connectivity index (χ0n) is 11.9. The normalized spacial score (nSPS) is 10.4. The maximum Gasteiger partial charge on any atom is 0.176 e. The number of ether oxygens (including phenoxy) is 1. The second-order valence-electron chi connectivity index (χ2n) is 4.47. The number of carbonyl (C=O) groups excluding carboxylic acids is 1. The number of methoxy groups -OCH3 is 1. The number of benzene rings is 1. The molecule has 0 radical (unpaired) electrons. The van der Waals surface area contributed by atoms with Gasteiger partial charge in [0.05, 0.1) is 17.7 Å². The number of hydrogen-bond acceptors (Lipinski definition) is 5. The zero-order chi connectivity index (χ0) is 15.4. The van der Waals surface area contributed by atoms with E-state index in [1.54, 1.807) is 13.0 Å². The van der Waals surface area contributed by atoms with Gasteiger partial charge in [-0.1, -0.05) is 19.1 Å². The largest absolute Gasteiger partial charge is 0.492 e. The molecule has 0 unspecified atom stereocenters. The van der Waals surface area contributed by atoms with Crippen LogP contribution >= 0.6 is 11.3 Å². The number of halogens is 1. The van der Waals surface area contributed by atoms with E-state index in [9.17, 15) is 9.18 Å². The number of nitrogens with one attached hydrogen (secondary N) is 1. The molecule has 21 heavy (non-hydrogen) atoms. The van der Waals surface area contributed by atoms with Crippen LogP contribution in [0.25, 0.3) is 0 Å². The quantitative estimate of drug-likeness (QED) is 0.799. The number of ketones is 1. The van der Waals surface area contributed by atoms with Crippen molar-refractivity contribution in [2.45, 2.75) is 19.9 Å². The van der Waals surface area contributed by atoms with E-state index >= 15 is 0 Å². The van der Waals surface area contributed by atoms with Gasteiger partial charge in [0.25, 0.3) is 0 Å². The number of hydrogen-bond donors (Lipinski definition) is 2. The van der Waals surface area contributed by atoms with Gasteiger partial charge in [-0.05, 0) is 17.7 Å². The van der Waals surface area contributed by atoms with Crippen LogP contribution in [-0.4, -0.2) is 12.9 Å². The van der Waals surface area contributed by atoms with Crippen LogP contribution < -0.4 is 15.8 Å². The number of anilines is 2. The molecule has 4 nitrogen and oxygen atoms in total. The Morgan fingerprint density at radius 2 is 2.24 bits per heavy atom. The van der Waals surface area contributed by atoms with Crippen molar-refractivity contribution in [3.63, 3.8) is 0 Å². The lowest BCUT2D eigenvalue weighted by Crippen LogP contribution is -2.00. The molecule has 0 saturated heterocycles. The highest BCUT2D eigenvalue weighted by Crippen LogP contribution is 2.43. The first-order valence-corrected chi connectivity index (χ1v) is 7.36. The fourth-order valence-corrected chi connectivity index (χ4v) is 3.04. The van der Waals surface area contributed by atoms with Crippen LogP contribution in [0, 0.1) is 5.82 Å². The molecule has 0 bridgehead atoms. The summed E-state index contributed by atoms with van der Waals surface area (Å²) >= 11 is 1.26. The molecule has 0 atom stereocenters. The SMILES string of the molecule is CCC(=O)c1sc(NCc2cccc(F)c2)c(OC)c1N. The Bertz CT molecular complexity index is 655. The summed E-state index contributed by atoms with van der Waals surface area (Å²) in [6, 6.07) is 6.32. The second kappa shape index (κ2) is 6.58. The van der Waals surface area contributed by atoms with E-state index in [-0.39, 0.29) is 11.6 Å². The van der Waals surface area contributed by atoms with Crippen LogP contribution in [0.15, 0.2) is 24.3 Å². The second-order valence-corrected chi connectivity index (χ2v) is 5.49. The lowest BCUT2D eigenvalue weighted by atomic mass is 10.2. The molecule has 0 amide bonds. The lowest BCUT2D eigenvalue weighted by molar-refractivity contribution is 0.0992. The predicted molar refractivity (Wildman–Crippen MR) is 83.6 cm³/mol. The Labute approximate surface area is 126 Å². The molecule has 2 rings (SSSR count). The van der Waals surface area contributed by atoms with Crippen LogP contribution in [-0.2, 0) is 6.54 Å². The standard InChI is InChI=1S/C15H17FN2O2S/c1-3-11(19)14-12(17)13(20-2)15(21-14)18-8-9-5-4-6-10(16)7-9/h4-7,18H,3,8,17H2,1-2H3. The number of Topliss-reactive ketones (excluding diaryl/α,β-unsaturated/α-hetero) is 1. The highest BCUT2D eigenvalue weighted by molar-refractivity contribution is 7.19. The minimum atomic E-state index is -0.284. The molecule has 1 aromatic carbocycles. The first-order valence-electron chi connectivity index (χ1n) is 6.54. The molecule has 0 aliphatic carbocycles. The maximum absolute atomic E-state index is 13.1. The smallest absolute Gasteiger partial charge is 0.176 e. The molecule has 0 aliphatic heterocycles. The first kappa shape index (κ1) is 15.3. The van der Waals surface area contributed by atoms with E-state index in [2.05, 4.69) is 5.32 Å². The van der Waals surface area contributed by atoms with Crippen molar-refractivity contribution >= 4 is 27.8 Å². The van der Waals surface area contributed by atoms with Crippen molar-refractivity contribution < 1.29 is 13.9 Å². The molecular weight excluding hydrogens is 291 g/mol. The molecule has 112 valence electrons. The molecule has 0 aliphatic rings. The van der Waals surface area contributed by atoms with Crippen molar-refractivity contribution in [2.24, 2.45) is 0 Å². The Morgan fingerprint density at radius 1 is 1.48 bits per heavy atom. The van der Waals surface area contributed by atoms with Gasteiger partial charge in [0, 0.05) is 13.0 Å². The Morgan fingerprint density at radius 3 is 2.86 bits per heavy atom. The Kier molecular flexibility index (Phi) is 4.80. The Hall–Kier alpha value is -2.08. The fourth-order valence-electron chi connectivity index (χ4n) is 1.94. The van der Waals surface area contributed by atoms with Gasteiger partial charge < -0.3 is 15.8 Å². The summed E-state index contributed by atoms with van der Waals surface area (Å²) in [6.07, 6.45) is 0.386. The summed E-state index contributed by atoms with van der Waals surface area (Å²) in [5.41, 5.74) is 7.10. The average Bonchev–Trinajstić information content (AvgIpc) is 2.80. The summed E-state index contributed by atoms with van der Waals surface area (Å²) in [4.78, 5) is 12.3. The molecule has 0 fully saturated rings. The van der Waals surface area contributed by atoms with Gasteiger partial charge in [-0.3, -0.25) is 4.79 Å². The lowest BCUT2D eigenvalue weighted by Gasteiger charge is -2.07. The third-order valence-electron chi connectivity index (χ3n) is 3.02. The van der Waals surface area contributed by atoms with E-state index in [4.69, 9.17) is 10.5 Å². The van der Waals surface area contributed by atoms with Crippen molar-refractivity contribution in [3.8, 4) is 5.75 Å². The van der Waals surface area contributed by atoms with Gasteiger partial charge in [-0.25, -0.2) is 4.39 Å². The summed E-state index contributed by atoms with van der Waals surface area (Å²) in [5, 5.41) is 3.82. The number of rotatable bonds is 6. The van der Waals surface area contributed by atoms with Crippen LogP contribution in [0.5, 0.6) is 5.75 Å². The van der Waals surface area contributed by atoms with Gasteiger partial charge in [0.15, 0.2) is 11.5 Å². The number of thiophene rings is 1. The zero-order valence-corrected chi connectivity index (χ0v) is 12.7. The predicted octanol–water partition coefficient (Wildman–Crippen LogP) is 3.68. The first-order chi connectivity index (χ1) is 10.1. The van der Waals surface area contributed by atoms with Crippen molar-refractivity contribution in [1.29, 1.82) is 0 Å². The summed E-state index contributed by atoms with van der Waals surface area (Å²) in [6.45, 7) is 2.21. The van der Waals surface area contributed by atoms with Crippen molar-refractivity contribution in [2.75, 3.05) is 18.2 Å². The number of carbonyl (C=O) groups is 1. The molecule has 6 heteroatoms. The molecule has 1 aromatic heterocycles. The Balaban J connectivity index is 2.21. The molecule has 2 aromatic rings. The van der Waals surface area contributed by atoms with Gasteiger partial charge >= 0.3 is 0 Å². The van der Waals surface area contributed by atoms with Crippen LogP contribution in [0.3, 0.4) is 0 Å². The minimum absolute atomic E-state index is 0.0189. The van der Waals surface area contributed by atoms with E-state index in [1.165, 1.54) is 30.6 Å². The van der Waals surface area contributed by atoms with Crippen LogP contribution in [0.1, 0.15) is 28.6 Å². The maximum atomic E-state index is 13.1. The molecule has 0 spiro atoms. The molecule has 3 N–H and O–H groups in total. The van der Waals surface area contributed by atoms with Crippen molar-refractivity contribution in [1.82, 2.24) is 0 Å². The van der Waals surface area contributed by atoms with Crippen molar-refractivity contribution in [3.05, 3.63) is 40.5 Å². The summed E-state index contributed by atoms with van der Waals surface area (Å²) in [5.74, 6) is 0.164. The van der Waals surface area contributed by atoms with E-state index in [1.807, 2.05) is 6.07 Å². The third kappa shape index (κ3) is 3.33. The highest BCUT2D eigenvalue weighted by atomic mass is 32.1. The van der Waals surface area contributed by atoms with E-state index in [0.29, 0.717) is 34.3 Å². The number of nitrogen functional groups attached to an aromatic ring is 1. The molecular formula is C15H17FN2O2S. The number of nitrogens with two attached hydrogens (primary N) is 1. The minimum Gasteiger partial charge on any atom is -0.492 e. The van der Waals surface area contributed by atoms with Gasteiger partial charge in [0.2, 0.25) is 0 Å². The average molecular weight is 308 g/mol. The van der Waals surface area contributed by atoms with Crippen LogP contribution in [0.4, 0.5) is 15.1 Å². The summed E-state index contributed by atoms with van der Waals surface area (Å²) < 4.78 is 18.4. The third-order valence-corrected chi connectivity index (χ3v) is 4.21. The molecule has 0 saturated carbocycles. The summed E-state index contributed by atoms with van der Waals surface area (Å²) in [7, 11) is 1.51. The molecule has 1 heterocycles. The van der Waals surface area contributed by atoms with E-state index in [0.717, 1.165) is 5.56 Å². The van der Waals surface area contributed by atoms with Gasteiger partial charge in [0.1, 0.15) is 10.8 Å². The van der Waals surface area contributed by atoms with Gasteiger partial charge in [-0.2, -0.15) is 0 Å². The highest BCUT2D eigenvalue weighted by Gasteiger charge is 2.20. The van der Waals surface area contributed by atoms with E-state index < -0.39 is 0 Å². The van der Waals surface area contributed by atoms with Gasteiger partial charge in [-0.15, -0.1) is 11.3 Å².